The molecule has 34 heavy (non-hydrogen) atoms. The highest BCUT2D eigenvalue weighted by atomic mass is 127. The maximum atomic E-state index is 13.5. The van der Waals surface area contributed by atoms with Gasteiger partial charge in [0.1, 0.15) is 18.4 Å². The smallest absolute Gasteiger partial charge is 0.244 e. The van der Waals surface area contributed by atoms with Crippen LogP contribution in [-0.4, -0.2) is 50.0 Å². The first-order valence-electron chi connectivity index (χ1n) is 11.0. The number of sulfonamides is 1. The molecular weight excluding hydrogens is 572 g/mol. The topological polar surface area (TPSA) is 86.8 Å². The summed E-state index contributed by atoms with van der Waals surface area (Å²) < 4.78 is 40.5. The molecule has 2 amide bonds. The van der Waals surface area contributed by atoms with Crippen molar-refractivity contribution in [2.75, 3.05) is 17.1 Å². The number of anilines is 1. The first kappa shape index (κ1) is 28.0. The summed E-state index contributed by atoms with van der Waals surface area (Å²) in [5.74, 6) is -1.25. The first-order chi connectivity index (χ1) is 16.0. The van der Waals surface area contributed by atoms with E-state index in [1.54, 1.807) is 43.3 Å². The van der Waals surface area contributed by atoms with Gasteiger partial charge in [-0.05, 0) is 84.3 Å². The highest BCUT2D eigenvalue weighted by molar-refractivity contribution is 14.1. The minimum absolute atomic E-state index is 0.0375. The number of carbonyl (C=O) groups is 2. The van der Waals surface area contributed by atoms with E-state index < -0.39 is 34.3 Å². The molecule has 2 aromatic carbocycles. The summed E-state index contributed by atoms with van der Waals surface area (Å²) in [4.78, 5) is 27.9. The molecule has 0 radical (unpaired) electrons. The zero-order chi connectivity index (χ0) is 25.5. The van der Waals surface area contributed by atoms with Crippen molar-refractivity contribution < 1.29 is 22.4 Å². The van der Waals surface area contributed by atoms with Crippen LogP contribution in [0, 0.1) is 9.39 Å². The molecule has 0 heterocycles. The third-order valence-corrected chi connectivity index (χ3v) is 7.31. The fraction of sp³-hybridized carbons (Fsp3) is 0.417. The van der Waals surface area contributed by atoms with E-state index in [-0.39, 0.29) is 18.5 Å². The number of carbonyl (C=O) groups excluding carboxylic acids is 2. The number of halogens is 2. The Balaban J connectivity index is 2.41. The second-order valence-corrected chi connectivity index (χ2v) is 11.3. The molecule has 0 saturated heterocycles. The number of nitrogens with one attached hydrogen (secondary N) is 1. The zero-order valence-electron chi connectivity index (χ0n) is 19.8. The van der Waals surface area contributed by atoms with Crippen molar-refractivity contribution >= 4 is 50.1 Å². The van der Waals surface area contributed by atoms with Crippen LogP contribution in [0.15, 0.2) is 48.5 Å². The second-order valence-electron chi connectivity index (χ2n) is 8.14. The van der Waals surface area contributed by atoms with E-state index >= 15 is 0 Å². The summed E-state index contributed by atoms with van der Waals surface area (Å²) >= 11 is 2.11. The Labute approximate surface area is 214 Å². The molecule has 0 aliphatic carbocycles. The van der Waals surface area contributed by atoms with Gasteiger partial charge in [-0.2, -0.15) is 0 Å². The van der Waals surface area contributed by atoms with Crippen LogP contribution in [0.25, 0.3) is 0 Å². The van der Waals surface area contributed by atoms with Crippen LogP contribution in [0.4, 0.5) is 10.1 Å². The fourth-order valence-corrected chi connectivity index (χ4v) is 4.58. The molecule has 2 rings (SSSR count). The molecule has 7 nitrogen and oxygen atoms in total. The average molecular weight is 603 g/mol. The van der Waals surface area contributed by atoms with E-state index in [0.717, 1.165) is 20.6 Å². The molecule has 1 N–H and O–H groups in total. The first-order valence-corrected chi connectivity index (χ1v) is 14.0. The maximum absolute atomic E-state index is 13.5. The fourth-order valence-electron chi connectivity index (χ4n) is 3.37. The number of nitrogens with zero attached hydrogens (tertiary/aromatic N) is 2. The molecule has 0 aliphatic heterocycles. The number of rotatable bonds is 11. The Kier molecular flexibility index (Phi) is 10.3. The van der Waals surface area contributed by atoms with Crippen LogP contribution < -0.4 is 9.62 Å². The highest BCUT2D eigenvalue weighted by Crippen LogP contribution is 2.21. The van der Waals surface area contributed by atoms with Gasteiger partial charge in [-0.15, -0.1) is 0 Å². The average Bonchev–Trinajstić information content (AvgIpc) is 2.78. The van der Waals surface area contributed by atoms with E-state index in [4.69, 9.17) is 0 Å². The summed E-state index contributed by atoms with van der Waals surface area (Å²) in [7, 11) is -3.78. The third kappa shape index (κ3) is 7.93. The minimum atomic E-state index is -3.78. The van der Waals surface area contributed by atoms with Gasteiger partial charge >= 0.3 is 0 Å². The molecule has 2 atom stereocenters. The molecule has 2 unspecified atom stereocenters. The molecule has 10 heteroatoms. The lowest BCUT2D eigenvalue weighted by Gasteiger charge is -2.33. The molecule has 0 aliphatic rings. The Morgan fingerprint density at radius 2 is 1.62 bits per heavy atom. The van der Waals surface area contributed by atoms with Crippen molar-refractivity contribution in [3.05, 3.63) is 63.5 Å². The van der Waals surface area contributed by atoms with Crippen LogP contribution in [0.1, 0.15) is 39.2 Å². The van der Waals surface area contributed by atoms with Crippen LogP contribution in [0.3, 0.4) is 0 Å². The lowest BCUT2D eigenvalue weighted by molar-refractivity contribution is -0.140. The summed E-state index contributed by atoms with van der Waals surface area (Å²) in [5, 5.41) is 2.91. The monoisotopic (exact) mass is 603 g/mol. The van der Waals surface area contributed by atoms with Crippen LogP contribution >= 0.6 is 22.6 Å². The summed E-state index contributed by atoms with van der Waals surface area (Å²) in [6.45, 7) is 5.18. The molecule has 0 aromatic heterocycles. The van der Waals surface area contributed by atoms with Crippen LogP contribution in [0.5, 0.6) is 0 Å². The van der Waals surface area contributed by atoms with E-state index in [0.29, 0.717) is 17.7 Å². The number of hydrogen-bond acceptors (Lipinski definition) is 4. The maximum Gasteiger partial charge on any atom is 0.244 e. The molecule has 0 fully saturated rings. The van der Waals surface area contributed by atoms with E-state index in [1.807, 2.05) is 13.8 Å². The molecule has 186 valence electrons. The van der Waals surface area contributed by atoms with Gasteiger partial charge in [-0.25, -0.2) is 12.8 Å². The van der Waals surface area contributed by atoms with Gasteiger partial charge in [-0.3, -0.25) is 13.9 Å². The Morgan fingerprint density at radius 3 is 2.12 bits per heavy atom. The summed E-state index contributed by atoms with van der Waals surface area (Å²) in [5.41, 5.74) is 0.986. The normalized spacial score (nSPS) is 13.1. The van der Waals surface area contributed by atoms with Gasteiger partial charge in [0, 0.05) is 16.2 Å². The quantitative estimate of drug-likeness (QED) is 0.395. The molecule has 0 bridgehead atoms. The van der Waals surface area contributed by atoms with Crippen molar-refractivity contribution in [2.45, 2.75) is 52.2 Å². The number of amides is 2. The lowest BCUT2D eigenvalue weighted by Crippen LogP contribution is -2.53. The van der Waals surface area contributed by atoms with Gasteiger partial charge < -0.3 is 10.2 Å². The third-order valence-electron chi connectivity index (χ3n) is 5.45. The predicted octanol–water partition coefficient (Wildman–Crippen LogP) is 3.92. The van der Waals surface area contributed by atoms with Gasteiger partial charge in [-0.1, -0.05) is 26.0 Å². The van der Waals surface area contributed by atoms with Gasteiger partial charge in [0.15, 0.2) is 0 Å². The molecule has 0 saturated carbocycles. The number of benzene rings is 2. The van der Waals surface area contributed by atoms with Crippen molar-refractivity contribution in [3.8, 4) is 0 Å². The van der Waals surface area contributed by atoms with Crippen LogP contribution in [0.2, 0.25) is 0 Å². The van der Waals surface area contributed by atoms with E-state index in [1.165, 1.54) is 17.0 Å². The largest absolute Gasteiger partial charge is 0.352 e. The van der Waals surface area contributed by atoms with E-state index in [2.05, 4.69) is 27.9 Å². The molecular formula is C24H31FIN3O4S. The minimum Gasteiger partial charge on any atom is -0.352 e. The summed E-state index contributed by atoms with van der Waals surface area (Å²) in [6.07, 6.45) is 2.09. The zero-order valence-corrected chi connectivity index (χ0v) is 22.8. The van der Waals surface area contributed by atoms with Crippen molar-refractivity contribution in [3.63, 3.8) is 0 Å². The van der Waals surface area contributed by atoms with Gasteiger partial charge in [0.2, 0.25) is 21.8 Å². The van der Waals surface area contributed by atoms with Crippen molar-refractivity contribution in [1.29, 1.82) is 0 Å². The predicted molar refractivity (Wildman–Crippen MR) is 140 cm³/mol. The van der Waals surface area contributed by atoms with Crippen molar-refractivity contribution in [1.82, 2.24) is 10.2 Å². The van der Waals surface area contributed by atoms with Gasteiger partial charge in [0.05, 0.1) is 11.9 Å². The SMILES string of the molecule is CCC(C)NC(=O)C(CC)N(Cc1ccc(F)cc1)C(=O)CN(c1ccc(I)cc1)S(C)(=O)=O. The Morgan fingerprint density at radius 1 is 1.03 bits per heavy atom. The van der Waals surface area contributed by atoms with Gasteiger partial charge in [0.25, 0.3) is 0 Å². The lowest BCUT2D eigenvalue weighted by atomic mass is 10.1. The molecule has 0 spiro atoms. The summed E-state index contributed by atoms with van der Waals surface area (Å²) in [6, 6.07) is 11.5. The standard InChI is InChI=1S/C24H31FIN3O4S/c1-5-17(3)27-24(31)22(6-2)28(15-18-7-9-19(25)10-8-18)23(30)16-29(34(4,32)33)21-13-11-20(26)12-14-21/h7-14,17,22H,5-6,15-16H2,1-4H3,(H,27,31). The van der Waals surface area contributed by atoms with Crippen LogP contribution in [-0.2, 0) is 26.2 Å². The van der Waals surface area contributed by atoms with E-state index in [9.17, 15) is 22.4 Å². The Hall–Kier alpha value is -2.21. The Bertz CT molecular complexity index is 1080. The second kappa shape index (κ2) is 12.5. The number of hydrogen-bond donors (Lipinski definition) is 1. The van der Waals surface area contributed by atoms with Crippen molar-refractivity contribution in [2.24, 2.45) is 0 Å². The molecule has 2 aromatic rings. The highest BCUT2D eigenvalue weighted by Gasteiger charge is 2.32.